The van der Waals surface area contributed by atoms with Gasteiger partial charge < -0.3 is 14.7 Å². The van der Waals surface area contributed by atoms with Crippen LogP contribution in [0.4, 0.5) is 0 Å². The first-order valence-electron chi connectivity index (χ1n) is 7.98. The average molecular weight is 321 g/mol. The number of amides is 1. The Bertz CT molecular complexity index is 446. The summed E-state index contributed by atoms with van der Waals surface area (Å²) >= 11 is 1.61. The van der Waals surface area contributed by atoms with Crippen LogP contribution in [-0.2, 0) is 4.79 Å². The number of likely N-dealkylation sites (N-methyl/N-ethyl adjacent to an activating group) is 1. The SMILES string of the molecule is CN1CCN(CCCN(C)C(=O)CSc2ccccc2)CC1. The normalized spacial score (nSPS) is 16.6. The van der Waals surface area contributed by atoms with Gasteiger partial charge in [0.15, 0.2) is 0 Å². The van der Waals surface area contributed by atoms with Crippen molar-refractivity contribution in [1.82, 2.24) is 14.7 Å². The lowest BCUT2D eigenvalue weighted by Gasteiger charge is -2.32. The molecule has 0 bridgehead atoms. The summed E-state index contributed by atoms with van der Waals surface area (Å²) in [5.74, 6) is 0.738. The van der Waals surface area contributed by atoms with E-state index in [4.69, 9.17) is 0 Å². The molecule has 0 aromatic heterocycles. The molecule has 5 heteroatoms. The maximum Gasteiger partial charge on any atom is 0.232 e. The Hall–Kier alpha value is -1.04. The molecule has 1 saturated heterocycles. The molecule has 4 nitrogen and oxygen atoms in total. The fraction of sp³-hybridized carbons (Fsp3) is 0.588. The topological polar surface area (TPSA) is 26.8 Å². The summed E-state index contributed by atoms with van der Waals surface area (Å²) in [7, 11) is 4.09. The molecule has 22 heavy (non-hydrogen) atoms. The molecule has 0 atom stereocenters. The van der Waals surface area contributed by atoms with E-state index in [1.807, 2.05) is 42.3 Å². The van der Waals surface area contributed by atoms with Crippen LogP contribution < -0.4 is 0 Å². The highest BCUT2D eigenvalue weighted by atomic mass is 32.2. The molecule has 1 aromatic rings. The first-order valence-corrected chi connectivity index (χ1v) is 8.96. The van der Waals surface area contributed by atoms with Gasteiger partial charge in [0.25, 0.3) is 0 Å². The van der Waals surface area contributed by atoms with E-state index in [2.05, 4.69) is 16.8 Å². The lowest BCUT2D eigenvalue weighted by atomic mass is 10.3. The third kappa shape index (κ3) is 5.99. The molecule has 0 spiro atoms. The monoisotopic (exact) mass is 321 g/mol. The average Bonchev–Trinajstić information content (AvgIpc) is 2.55. The summed E-state index contributed by atoms with van der Waals surface area (Å²) in [5.41, 5.74) is 0. The molecule has 1 aliphatic heterocycles. The number of hydrogen-bond acceptors (Lipinski definition) is 4. The van der Waals surface area contributed by atoms with Crippen molar-refractivity contribution in [2.45, 2.75) is 11.3 Å². The Balaban J connectivity index is 1.60. The minimum Gasteiger partial charge on any atom is -0.345 e. The second-order valence-corrected chi connectivity index (χ2v) is 6.96. The van der Waals surface area contributed by atoms with Gasteiger partial charge in [0.2, 0.25) is 5.91 Å². The van der Waals surface area contributed by atoms with Crippen LogP contribution in [0.2, 0.25) is 0 Å². The van der Waals surface area contributed by atoms with E-state index in [1.165, 1.54) is 0 Å². The van der Waals surface area contributed by atoms with E-state index in [-0.39, 0.29) is 5.91 Å². The number of benzene rings is 1. The minimum absolute atomic E-state index is 0.215. The molecule has 0 radical (unpaired) electrons. The summed E-state index contributed by atoms with van der Waals surface area (Å²) in [6, 6.07) is 10.1. The molecular formula is C17H27N3OS. The van der Waals surface area contributed by atoms with Crippen molar-refractivity contribution in [3.8, 4) is 0 Å². The second kappa shape index (κ2) is 9.18. The van der Waals surface area contributed by atoms with E-state index >= 15 is 0 Å². The van der Waals surface area contributed by atoms with Gasteiger partial charge in [-0.3, -0.25) is 4.79 Å². The van der Waals surface area contributed by atoms with Gasteiger partial charge in [-0.15, -0.1) is 11.8 Å². The zero-order valence-corrected chi connectivity index (χ0v) is 14.5. The molecule has 2 rings (SSSR count). The van der Waals surface area contributed by atoms with Gasteiger partial charge in [0, 0.05) is 44.7 Å². The predicted molar refractivity (Wildman–Crippen MR) is 93.4 cm³/mol. The molecule has 1 amide bonds. The zero-order chi connectivity index (χ0) is 15.8. The summed E-state index contributed by atoms with van der Waals surface area (Å²) < 4.78 is 0. The zero-order valence-electron chi connectivity index (χ0n) is 13.7. The van der Waals surface area contributed by atoms with Gasteiger partial charge in [0.05, 0.1) is 5.75 Å². The fourth-order valence-electron chi connectivity index (χ4n) is 2.50. The Kier molecular flexibility index (Phi) is 7.22. The highest BCUT2D eigenvalue weighted by Gasteiger charge is 2.14. The third-order valence-electron chi connectivity index (χ3n) is 4.10. The molecule has 0 unspecified atom stereocenters. The summed E-state index contributed by atoms with van der Waals surface area (Å²) in [5, 5.41) is 0. The van der Waals surface area contributed by atoms with Crippen molar-refractivity contribution in [2.24, 2.45) is 0 Å². The molecule has 0 aliphatic carbocycles. The minimum atomic E-state index is 0.215. The molecule has 1 heterocycles. The van der Waals surface area contributed by atoms with Crippen molar-refractivity contribution in [3.05, 3.63) is 30.3 Å². The standard InChI is InChI=1S/C17H27N3OS/c1-18-11-13-20(14-12-18)10-6-9-19(2)17(21)15-22-16-7-4-3-5-8-16/h3-5,7-8H,6,9-15H2,1-2H3. The number of rotatable bonds is 7. The largest absolute Gasteiger partial charge is 0.345 e. The highest BCUT2D eigenvalue weighted by molar-refractivity contribution is 8.00. The Morgan fingerprint density at radius 2 is 1.86 bits per heavy atom. The molecule has 1 fully saturated rings. The number of carbonyl (C=O) groups excluding carboxylic acids is 1. The van der Waals surface area contributed by atoms with Crippen molar-refractivity contribution in [3.63, 3.8) is 0 Å². The van der Waals surface area contributed by atoms with Crippen LogP contribution in [0.5, 0.6) is 0 Å². The number of hydrogen-bond donors (Lipinski definition) is 0. The van der Waals surface area contributed by atoms with E-state index < -0.39 is 0 Å². The fourth-order valence-corrected chi connectivity index (χ4v) is 3.36. The Morgan fingerprint density at radius 3 is 2.55 bits per heavy atom. The molecule has 0 N–H and O–H groups in total. The number of thioether (sulfide) groups is 1. The van der Waals surface area contributed by atoms with Gasteiger partial charge in [0.1, 0.15) is 0 Å². The van der Waals surface area contributed by atoms with Gasteiger partial charge in [-0.25, -0.2) is 0 Å². The first-order chi connectivity index (χ1) is 10.6. The molecular weight excluding hydrogens is 294 g/mol. The maximum absolute atomic E-state index is 12.1. The second-order valence-electron chi connectivity index (χ2n) is 5.92. The lowest BCUT2D eigenvalue weighted by Crippen LogP contribution is -2.45. The van der Waals surface area contributed by atoms with Gasteiger partial charge >= 0.3 is 0 Å². The third-order valence-corrected chi connectivity index (χ3v) is 5.09. The van der Waals surface area contributed by atoms with Crippen molar-refractivity contribution in [1.29, 1.82) is 0 Å². The highest BCUT2D eigenvalue weighted by Crippen LogP contribution is 2.17. The van der Waals surface area contributed by atoms with Crippen molar-refractivity contribution >= 4 is 17.7 Å². The van der Waals surface area contributed by atoms with Crippen LogP contribution in [0.15, 0.2) is 35.2 Å². The van der Waals surface area contributed by atoms with E-state index in [0.717, 1.165) is 50.6 Å². The van der Waals surface area contributed by atoms with Crippen LogP contribution in [0.25, 0.3) is 0 Å². The van der Waals surface area contributed by atoms with Crippen LogP contribution in [0.1, 0.15) is 6.42 Å². The first kappa shape index (κ1) is 17.3. The summed E-state index contributed by atoms with van der Waals surface area (Å²) in [6.07, 6.45) is 1.06. The van der Waals surface area contributed by atoms with Crippen LogP contribution >= 0.6 is 11.8 Å². The van der Waals surface area contributed by atoms with E-state index in [9.17, 15) is 4.79 Å². The molecule has 1 aliphatic rings. The van der Waals surface area contributed by atoms with E-state index in [1.54, 1.807) is 11.8 Å². The van der Waals surface area contributed by atoms with Crippen molar-refractivity contribution in [2.75, 3.05) is 59.1 Å². The van der Waals surface area contributed by atoms with Crippen molar-refractivity contribution < 1.29 is 4.79 Å². The van der Waals surface area contributed by atoms with Crippen LogP contribution in [-0.4, -0.2) is 79.7 Å². The van der Waals surface area contributed by atoms with Crippen LogP contribution in [0.3, 0.4) is 0 Å². The summed E-state index contributed by atoms with van der Waals surface area (Å²) in [6.45, 7) is 6.55. The number of nitrogens with zero attached hydrogens (tertiary/aromatic N) is 3. The van der Waals surface area contributed by atoms with Gasteiger partial charge in [-0.05, 0) is 32.1 Å². The Labute approximate surface area is 138 Å². The lowest BCUT2D eigenvalue weighted by molar-refractivity contribution is -0.127. The molecule has 122 valence electrons. The quantitative estimate of drug-likeness (QED) is 0.717. The van der Waals surface area contributed by atoms with Gasteiger partial charge in [-0.1, -0.05) is 18.2 Å². The van der Waals surface area contributed by atoms with Gasteiger partial charge in [-0.2, -0.15) is 0 Å². The molecule has 0 saturated carbocycles. The predicted octanol–water partition coefficient (Wildman–Crippen LogP) is 1.87. The number of piperazine rings is 1. The maximum atomic E-state index is 12.1. The number of carbonyl (C=O) groups is 1. The van der Waals surface area contributed by atoms with E-state index in [0.29, 0.717) is 5.75 Å². The summed E-state index contributed by atoms with van der Waals surface area (Å²) in [4.78, 5) is 20.0. The smallest absolute Gasteiger partial charge is 0.232 e. The molecule has 1 aromatic carbocycles. The Morgan fingerprint density at radius 1 is 1.18 bits per heavy atom. The van der Waals surface area contributed by atoms with Crippen LogP contribution in [0, 0.1) is 0 Å².